The van der Waals surface area contributed by atoms with Crippen molar-refractivity contribution in [3.63, 3.8) is 0 Å². The van der Waals surface area contributed by atoms with Crippen LogP contribution in [-0.2, 0) is 16.2 Å². The van der Waals surface area contributed by atoms with Crippen LogP contribution in [0, 0.1) is 0 Å². The van der Waals surface area contributed by atoms with Gasteiger partial charge in [0.25, 0.3) is 5.91 Å². The molecule has 0 aliphatic rings. The Balaban J connectivity index is 2.52. The molecule has 0 fully saturated rings. The lowest BCUT2D eigenvalue weighted by Crippen LogP contribution is -2.38. The minimum atomic E-state index is -4.44. The third-order valence-corrected chi connectivity index (χ3v) is 4.77. The van der Waals surface area contributed by atoms with E-state index in [1.54, 1.807) is 13.8 Å². The van der Waals surface area contributed by atoms with Gasteiger partial charge < -0.3 is 5.32 Å². The molecule has 1 amide bonds. The molecule has 5 nitrogen and oxygen atoms in total. The molecule has 0 saturated carbocycles. The first-order chi connectivity index (χ1) is 10.9. The molecule has 1 N–H and O–H groups in total. The van der Waals surface area contributed by atoms with Crippen molar-refractivity contribution in [3.8, 4) is 0 Å². The average Bonchev–Trinajstić information content (AvgIpc) is 2.44. The SMILES string of the molecule is CC(C)N(CCCNC(=O)c1ccc(C(F)(F)F)cc1)S(C)(=O)=O. The molecular weight excluding hydrogens is 345 g/mol. The quantitative estimate of drug-likeness (QED) is 0.754. The molecule has 0 heterocycles. The maximum atomic E-state index is 12.5. The first-order valence-electron chi connectivity index (χ1n) is 7.35. The summed E-state index contributed by atoms with van der Waals surface area (Å²) in [6, 6.07) is 3.72. The van der Waals surface area contributed by atoms with Gasteiger partial charge in [-0.25, -0.2) is 8.42 Å². The minimum Gasteiger partial charge on any atom is -0.352 e. The number of carbonyl (C=O) groups is 1. The molecule has 1 aromatic rings. The van der Waals surface area contributed by atoms with E-state index in [2.05, 4.69) is 5.32 Å². The lowest BCUT2D eigenvalue weighted by Gasteiger charge is -2.23. The van der Waals surface area contributed by atoms with Gasteiger partial charge in [0, 0.05) is 24.7 Å². The summed E-state index contributed by atoms with van der Waals surface area (Å²) in [6.07, 6.45) is -2.92. The summed E-state index contributed by atoms with van der Waals surface area (Å²) < 4.78 is 61.8. The highest BCUT2D eigenvalue weighted by Gasteiger charge is 2.30. The summed E-state index contributed by atoms with van der Waals surface area (Å²) in [5, 5.41) is 2.56. The van der Waals surface area contributed by atoms with Gasteiger partial charge in [-0.05, 0) is 44.5 Å². The van der Waals surface area contributed by atoms with Crippen molar-refractivity contribution < 1.29 is 26.4 Å². The lowest BCUT2D eigenvalue weighted by molar-refractivity contribution is -0.137. The highest BCUT2D eigenvalue weighted by molar-refractivity contribution is 7.88. The lowest BCUT2D eigenvalue weighted by atomic mass is 10.1. The second-order valence-corrected chi connectivity index (χ2v) is 7.59. The number of nitrogens with one attached hydrogen (secondary N) is 1. The van der Waals surface area contributed by atoms with Gasteiger partial charge in [-0.15, -0.1) is 0 Å². The van der Waals surface area contributed by atoms with E-state index in [0.29, 0.717) is 6.42 Å². The van der Waals surface area contributed by atoms with Crippen LogP contribution in [0.5, 0.6) is 0 Å². The summed E-state index contributed by atoms with van der Waals surface area (Å²) in [5.74, 6) is -0.501. The van der Waals surface area contributed by atoms with E-state index >= 15 is 0 Å². The Hall–Kier alpha value is -1.61. The molecule has 24 heavy (non-hydrogen) atoms. The van der Waals surface area contributed by atoms with Crippen LogP contribution in [0.4, 0.5) is 13.2 Å². The van der Waals surface area contributed by atoms with E-state index in [-0.39, 0.29) is 24.7 Å². The molecule has 0 atom stereocenters. The monoisotopic (exact) mass is 366 g/mol. The first-order valence-corrected chi connectivity index (χ1v) is 9.20. The van der Waals surface area contributed by atoms with Crippen LogP contribution in [0.15, 0.2) is 24.3 Å². The largest absolute Gasteiger partial charge is 0.416 e. The Bertz CT molecular complexity index is 656. The number of sulfonamides is 1. The molecule has 1 rings (SSSR count). The minimum absolute atomic E-state index is 0.117. The number of nitrogens with zero attached hydrogens (tertiary/aromatic N) is 1. The number of carbonyl (C=O) groups excluding carboxylic acids is 1. The fraction of sp³-hybridized carbons (Fsp3) is 0.533. The molecule has 0 aliphatic heterocycles. The smallest absolute Gasteiger partial charge is 0.352 e. The maximum Gasteiger partial charge on any atom is 0.416 e. The zero-order chi connectivity index (χ0) is 18.5. The first kappa shape index (κ1) is 20.4. The van der Waals surface area contributed by atoms with Gasteiger partial charge in [0.1, 0.15) is 0 Å². The van der Waals surface area contributed by atoms with Crippen LogP contribution in [-0.4, -0.2) is 44.0 Å². The predicted octanol–water partition coefficient (Wildman–Crippen LogP) is 2.50. The Labute approximate surface area is 139 Å². The molecule has 0 spiro atoms. The van der Waals surface area contributed by atoms with E-state index in [9.17, 15) is 26.4 Å². The van der Waals surface area contributed by atoms with Gasteiger partial charge in [-0.2, -0.15) is 17.5 Å². The van der Waals surface area contributed by atoms with E-state index in [1.165, 1.54) is 4.31 Å². The number of hydrogen-bond acceptors (Lipinski definition) is 3. The topological polar surface area (TPSA) is 66.5 Å². The van der Waals surface area contributed by atoms with Crippen LogP contribution in [0.2, 0.25) is 0 Å². The summed E-state index contributed by atoms with van der Waals surface area (Å²) in [7, 11) is -3.32. The van der Waals surface area contributed by atoms with Crippen molar-refractivity contribution in [1.82, 2.24) is 9.62 Å². The van der Waals surface area contributed by atoms with Gasteiger partial charge in [-0.1, -0.05) is 0 Å². The van der Waals surface area contributed by atoms with Crippen molar-refractivity contribution in [1.29, 1.82) is 0 Å². The number of benzene rings is 1. The molecule has 0 saturated heterocycles. The normalized spacial score (nSPS) is 12.7. The molecule has 0 bridgehead atoms. The Kier molecular flexibility index (Phi) is 6.79. The Morgan fingerprint density at radius 2 is 1.75 bits per heavy atom. The highest BCUT2D eigenvalue weighted by atomic mass is 32.2. The van der Waals surface area contributed by atoms with Crippen molar-refractivity contribution in [3.05, 3.63) is 35.4 Å². The number of rotatable bonds is 7. The zero-order valence-corrected chi connectivity index (χ0v) is 14.5. The van der Waals surface area contributed by atoms with Gasteiger partial charge in [0.15, 0.2) is 0 Å². The van der Waals surface area contributed by atoms with Crippen LogP contribution in [0.1, 0.15) is 36.2 Å². The van der Waals surface area contributed by atoms with Gasteiger partial charge in [-0.3, -0.25) is 4.79 Å². The van der Waals surface area contributed by atoms with Crippen LogP contribution >= 0.6 is 0 Å². The van der Waals surface area contributed by atoms with Crippen LogP contribution in [0.25, 0.3) is 0 Å². The van der Waals surface area contributed by atoms with Crippen molar-refractivity contribution in [2.45, 2.75) is 32.5 Å². The van der Waals surface area contributed by atoms with Gasteiger partial charge >= 0.3 is 6.18 Å². The van der Waals surface area contributed by atoms with Crippen molar-refractivity contribution >= 4 is 15.9 Å². The molecular formula is C15H21F3N2O3S. The molecule has 0 aromatic heterocycles. The second-order valence-electron chi connectivity index (χ2n) is 5.65. The third kappa shape index (κ3) is 6.12. The van der Waals surface area contributed by atoms with E-state index in [4.69, 9.17) is 0 Å². The number of halogens is 3. The van der Waals surface area contributed by atoms with Crippen LogP contribution in [0.3, 0.4) is 0 Å². The molecule has 136 valence electrons. The fourth-order valence-electron chi connectivity index (χ4n) is 2.16. The van der Waals surface area contributed by atoms with Gasteiger partial charge in [0.05, 0.1) is 11.8 Å². The Morgan fingerprint density at radius 1 is 1.21 bits per heavy atom. The molecule has 0 radical (unpaired) electrons. The number of amides is 1. The Morgan fingerprint density at radius 3 is 2.17 bits per heavy atom. The second kappa shape index (κ2) is 7.98. The van der Waals surface area contributed by atoms with Crippen molar-refractivity contribution in [2.24, 2.45) is 0 Å². The fourth-order valence-corrected chi connectivity index (χ4v) is 3.38. The summed E-state index contributed by atoms with van der Waals surface area (Å²) in [4.78, 5) is 11.9. The molecule has 0 aliphatic carbocycles. The number of hydrogen-bond donors (Lipinski definition) is 1. The number of alkyl halides is 3. The zero-order valence-electron chi connectivity index (χ0n) is 13.7. The summed E-state index contributed by atoms with van der Waals surface area (Å²) in [5.41, 5.74) is -0.702. The highest BCUT2D eigenvalue weighted by Crippen LogP contribution is 2.29. The van der Waals surface area contributed by atoms with E-state index in [1.807, 2.05) is 0 Å². The standard InChI is InChI=1S/C15H21F3N2O3S/c1-11(2)20(24(3,22)23)10-4-9-19-14(21)12-5-7-13(8-6-12)15(16,17)18/h5-8,11H,4,9-10H2,1-3H3,(H,19,21). The average molecular weight is 366 g/mol. The van der Waals surface area contributed by atoms with E-state index in [0.717, 1.165) is 30.5 Å². The maximum absolute atomic E-state index is 12.5. The molecule has 0 unspecified atom stereocenters. The molecule has 1 aromatic carbocycles. The predicted molar refractivity (Wildman–Crippen MR) is 85.1 cm³/mol. The summed E-state index contributed by atoms with van der Waals surface area (Å²) >= 11 is 0. The van der Waals surface area contributed by atoms with Crippen LogP contribution < -0.4 is 5.32 Å². The third-order valence-electron chi connectivity index (χ3n) is 3.32. The molecule has 9 heteroatoms. The summed E-state index contributed by atoms with van der Waals surface area (Å²) in [6.45, 7) is 3.98. The van der Waals surface area contributed by atoms with E-state index < -0.39 is 27.7 Å². The van der Waals surface area contributed by atoms with Gasteiger partial charge in [0.2, 0.25) is 10.0 Å². The van der Waals surface area contributed by atoms with Crippen molar-refractivity contribution in [2.75, 3.05) is 19.3 Å².